The zero-order valence-corrected chi connectivity index (χ0v) is 18.4. The first-order valence-corrected chi connectivity index (χ1v) is 10.7. The number of nitro groups is 1. The van der Waals surface area contributed by atoms with Gasteiger partial charge in [0.15, 0.2) is 0 Å². The second kappa shape index (κ2) is 9.40. The Bertz CT molecular complexity index is 991. The van der Waals surface area contributed by atoms with Crippen LogP contribution < -0.4 is 4.74 Å². The standard InChI is InChI=1S/C20H17IN2O5S/c1-2-9-22-19(24)18(29-20(22)25)11-14-5-8-17(16(21)10-14)28-12-13-3-6-15(7-4-13)23(26)27/h3-8,10-11H,2,9,12H2,1H3/b18-11+. The molecule has 0 saturated carbocycles. The van der Waals surface area contributed by atoms with Gasteiger partial charge in [-0.05, 0) is 82.2 Å². The molecule has 29 heavy (non-hydrogen) atoms. The molecule has 2 aromatic carbocycles. The molecule has 0 radical (unpaired) electrons. The summed E-state index contributed by atoms with van der Waals surface area (Å²) in [7, 11) is 0. The lowest BCUT2D eigenvalue weighted by Crippen LogP contribution is -2.28. The van der Waals surface area contributed by atoms with Crippen LogP contribution >= 0.6 is 34.4 Å². The van der Waals surface area contributed by atoms with Gasteiger partial charge in [-0.1, -0.05) is 13.0 Å². The topological polar surface area (TPSA) is 89.8 Å². The van der Waals surface area contributed by atoms with Gasteiger partial charge in [0.25, 0.3) is 16.8 Å². The Hall–Kier alpha value is -2.40. The number of amides is 2. The quantitative estimate of drug-likeness (QED) is 0.214. The maximum atomic E-state index is 12.3. The summed E-state index contributed by atoms with van der Waals surface area (Å²) in [6.07, 6.45) is 2.44. The molecule has 2 amide bonds. The van der Waals surface area contributed by atoms with Crippen molar-refractivity contribution in [1.29, 1.82) is 0 Å². The fraction of sp³-hybridized carbons (Fsp3) is 0.200. The second-order valence-electron chi connectivity index (χ2n) is 6.24. The molecule has 1 aliphatic heterocycles. The number of benzene rings is 2. The number of carbonyl (C=O) groups is 2. The van der Waals surface area contributed by atoms with Gasteiger partial charge in [-0.15, -0.1) is 0 Å². The van der Waals surface area contributed by atoms with Crippen LogP contribution in [-0.4, -0.2) is 27.5 Å². The molecule has 1 fully saturated rings. The summed E-state index contributed by atoms with van der Waals surface area (Å²) in [5.41, 5.74) is 1.66. The van der Waals surface area contributed by atoms with Gasteiger partial charge in [-0.3, -0.25) is 24.6 Å². The van der Waals surface area contributed by atoms with E-state index in [0.717, 1.165) is 32.9 Å². The van der Waals surface area contributed by atoms with E-state index in [0.29, 0.717) is 17.2 Å². The molecule has 7 nitrogen and oxygen atoms in total. The Labute approximate surface area is 185 Å². The zero-order valence-electron chi connectivity index (χ0n) is 15.5. The molecular weight excluding hydrogens is 507 g/mol. The predicted molar refractivity (Wildman–Crippen MR) is 120 cm³/mol. The fourth-order valence-corrected chi connectivity index (χ4v) is 4.23. The van der Waals surface area contributed by atoms with Gasteiger partial charge in [0.05, 0.1) is 13.4 Å². The fourth-order valence-electron chi connectivity index (χ4n) is 2.67. The van der Waals surface area contributed by atoms with Crippen LogP contribution in [-0.2, 0) is 11.4 Å². The summed E-state index contributed by atoms with van der Waals surface area (Å²) in [6.45, 7) is 2.63. The molecule has 0 spiro atoms. The molecule has 9 heteroatoms. The van der Waals surface area contributed by atoms with E-state index in [1.807, 2.05) is 19.1 Å². The van der Waals surface area contributed by atoms with E-state index >= 15 is 0 Å². The minimum atomic E-state index is -0.441. The number of halogens is 1. The first-order valence-electron chi connectivity index (χ1n) is 8.80. The normalized spacial score (nSPS) is 15.2. The van der Waals surface area contributed by atoms with E-state index < -0.39 is 4.92 Å². The van der Waals surface area contributed by atoms with Crippen LogP contribution in [0.1, 0.15) is 24.5 Å². The molecule has 0 N–H and O–H groups in total. The summed E-state index contributed by atoms with van der Waals surface area (Å²) < 4.78 is 6.66. The van der Waals surface area contributed by atoms with Gasteiger partial charge < -0.3 is 4.74 Å². The van der Waals surface area contributed by atoms with E-state index in [4.69, 9.17) is 4.74 Å². The molecule has 1 saturated heterocycles. The summed E-state index contributed by atoms with van der Waals surface area (Å²) in [5, 5.41) is 10.5. The molecule has 3 rings (SSSR count). The number of hydrogen-bond donors (Lipinski definition) is 0. The van der Waals surface area contributed by atoms with Crippen molar-refractivity contribution in [3.8, 4) is 5.75 Å². The Morgan fingerprint density at radius 3 is 2.55 bits per heavy atom. The number of thioether (sulfide) groups is 1. The Morgan fingerprint density at radius 2 is 1.93 bits per heavy atom. The molecule has 2 aromatic rings. The van der Waals surface area contributed by atoms with Crippen molar-refractivity contribution in [3.05, 3.63) is 72.2 Å². The van der Waals surface area contributed by atoms with Gasteiger partial charge in [0.1, 0.15) is 12.4 Å². The van der Waals surface area contributed by atoms with E-state index in [1.165, 1.54) is 17.0 Å². The lowest BCUT2D eigenvalue weighted by atomic mass is 10.2. The number of rotatable bonds is 7. The highest BCUT2D eigenvalue weighted by Gasteiger charge is 2.34. The highest BCUT2D eigenvalue weighted by molar-refractivity contribution is 14.1. The lowest BCUT2D eigenvalue weighted by Gasteiger charge is -2.10. The van der Waals surface area contributed by atoms with Crippen molar-refractivity contribution in [1.82, 2.24) is 4.90 Å². The van der Waals surface area contributed by atoms with Gasteiger partial charge in [0, 0.05) is 18.7 Å². The van der Waals surface area contributed by atoms with Crippen LogP contribution in [0, 0.1) is 13.7 Å². The molecule has 0 unspecified atom stereocenters. The van der Waals surface area contributed by atoms with Crippen LogP contribution in [0.5, 0.6) is 5.75 Å². The van der Waals surface area contributed by atoms with Gasteiger partial charge >= 0.3 is 0 Å². The maximum Gasteiger partial charge on any atom is 0.293 e. The smallest absolute Gasteiger partial charge is 0.293 e. The lowest BCUT2D eigenvalue weighted by molar-refractivity contribution is -0.384. The second-order valence-corrected chi connectivity index (χ2v) is 8.39. The number of ether oxygens (including phenoxy) is 1. The van der Waals surface area contributed by atoms with Crippen LogP contribution in [0.15, 0.2) is 47.4 Å². The average Bonchev–Trinajstić information content (AvgIpc) is 2.95. The largest absolute Gasteiger partial charge is 0.488 e. The number of carbonyl (C=O) groups excluding carboxylic acids is 2. The van der Waals surface area contributed by atoms with Gasteiger partial charge in [-0.2, -0.15) is 0 Å². The molecular formula is C20H17IN2O5S. The Balaban J connectivity index is 1.68. The zero-order chi connectivity index (χ0) is 21.0. The van der Waals surface area contributed by atoms with Crippen molar-refractivity contribution >= 4 is 57.3 Å². The number of imide groups is 1. The first-order chi connectivity index (χ1) is 13.9. The summed E-state index contributed by atoms with van der Waals surface area (Å²) in [6, 6.07) is 11.7. The summed E-state index contributed by atoms with van der Waals surface area (Å²) in [5.74, 6) is 0.413. The SMILES string of the molecule is CCCN1C(=O)S/C(=C/c2ccc(OCc3ccc([N+](=O)[O-])cc3)c(I)c2)C1=O. The Morgan fingerprint density at radius 1 is 1.21 bits per heavy atom. The minimum Gasteiger partial charge on any atom is -0.488 e. The van der Waals surface area contributed by atoms with Crippen LogP contribution in [0.4, 0.5) is 10.5 Å². The average molecular weight is 524 g/mol. The predicted octanol–water partition coefficient (Wildman–Crippen LogP) is 5.22. The van der Waals surface area contributed by atoms with Crippen molar-refractivity contribution in [2.75, 3.05) is 6.54 Å². The van der Waals surface area contributed by atoms with Crippen LogP contribution in [0.25, 0.3) is 6.08 Å². The van der Waals surface area contributed by atoms with Crippen LogP contribution in [0.2, 0.25) is 0 Å². The third kappa shape index (κ3) is 5.15. The first kappa shape index (κ1) is 21.3. The molecule has 1 aliphatic rings. The molecule has 150 valence electrons. The van der Waals surface area contributed by atoms with Crippen LogP contribution in [0.3, 0.4) is 0 Å². The van der Waals surface area contributed by atoms with Crippen molar-refractivity contribution in [2.24, 2.45) is 0 Å². The third-order valence-electron chi connectivity index (χ3n) is 4.12. The maximum absolute atomic E-state index is 12.3. The molecule has 0 atom stereocenters. The Kier molecular flexibility index (Phi) is 6.91. The number of nitro benzene ring substituents is 1. The summed E-state index contributed by atoms with van der Waals surface area (Å²) in [4.78, 5) is 36.2. The molecule has 0 bridgehead atoms. The highest BCUT2D eigenvalue weighted by atomic mass is 127. The number of non-ortho nitro benzene ring substituents is 1. The van der Waals surface area contributed by atoms with Gasteiger partial charge in [0.2, 0.25) is 0 Å². The molecule has 1 heterocycles. The molecule has 0 aliphatic carbocycles. The van der Waals surface area contributed by atoms with Crippen molar-refractivity contribution in [3.63, 3.8) is 0 Å². The summed E-state index contributed by atoms with van der Waals surface area (Å²) >= 11 is 3.10. The molecule has 0 aromatic heterocycles. The number of nitrogens with zero attached hydrogens (tertiary/aromatic N) is 2. The minimum absolute atomic E-state index is 0.0380. The van der Waals surface area contributed by atoms with E-state index in [-0.39, 0.29) is 23.4 Å². The van der Waals surface area contributed by atoms with Gasteiger partial charge in [-0.25, -0.2) is 0 Å². The van der Waals surface area contributed by atoms with E-state index in [9.17, 15) is 19.7 Å². The third-order valence-corrected chi connectivity index (χ3v) is 5.87. The monoisotopic (exact) mass is 524 g/mol. The van der Waals surface area contributed by atoms with E-state index in [1.54, 1.807) is 24.3 Å². The number of hydrogen-bond acceptors (Lipinski definition) is 6. The van der Waals surface area contributed by atoms with E-state index in [2.05, 4.69) is 22.6 Å². The van der Waals surface area contributed by atoms with Crippen molar-refractivity contribution in [2.45, 2.75) is 20.0 Å². The van der Waals surface area contributed by atoms with Crippen molar-refractivity contribution < 1.29 is 19.2 Å². The highest BCUT2D eigenvalue weighted by Crippen LogP contribution is 2.33.